The Balaban J connectivity index is 1.67. The zero-order valence-corrected chi connectivity index (χ0v) is 11.9. The van der Waals surface area contributed by atoms with E-state index in [0.717, 1.165) is 23.9 Å². The fourth-order valence-corrected chi connectivity index (χ4v) is 3.76. The highest BCUT2D eigenvalue weighted by atomic mass is 15.2. The highest BCUT2D eigenvalue weighted by Crippen LogP contribution is 2.36. The maximum atomic E-state index is 3.72. The Bertz CT molecular complexity index is 211. The minimum Gasteiger partial charge on any atom is -0.316 e. The SMILES string of the molecule is CCC(CC)CNCC1CC2CCC(C1)N2C. The quantitative estimate of drug-likeness (QED) is 0.765. The van der Waals surface area contributed by atoms with Gasteiger partial charge in [0.25, 0.3) is 0 Å². The van der Waals surface area contributed by atoms with Crippen LogP contribution in [0, 0.1) is 11.8 Å². The Morgan fingerprint density at radius 3 is 2.24 bits per heavy atom. The van der Waals surface area contributed by atoms with Gasteiger partial charge in [-0.1, -0.05) is 26.7 Å². The molecule has 100 valence electrons. The van der Waals surface area contributed by atoms with Crippen molar-refractivity contribution in [1.29, 1.82) is 0 Å². The van der Waals surface area contributed by atoms with E-state index in [1.54, 1.807) is 0 Å². The Kier molecular flexibility index (Phi) is 4.87. The molecule has 0 amide bonds. The fraction of sp³-hybridized carbons (Fsp3) is 1.00. The van der Waals surface area contributed by atoms with Gasteiger partial charge in [-0.3, -0.25) is 0 Å². The molecule has 2 fully saturated rings. The molecular weight excluding hydrogens is 208 g/mol. The molecule has 0 aromatic carbocycles. The van der Waals surface area contributed by atoms with Crippen LogP contribution in [0.2, 0.25) is 0 Å². The molecule has 2 heteroatoms. The van der Waals surface area contributed by atoms with Crippen LogP contribution < -0.4 is 5.32 Å². The van der Waals surface area contributed by atoms with Crippen LogP contribution >= 0.6 is 0 Å². The third-order valence-electron chi connectivity index (χ3n) is 5.22. The number of nitrogens with zero attached hydrogens (tertiary/aromatic N) is 1. The second kappa shape index (κ2) is 6.19. The van der Waals surface area contributed by atoms with E-state index in [1.807, 2.05) is 0 Å². The van der Waals surface area contributed by atoms with Gasteiger partial charge in [-0.15, -0.1) is 0 Å². The summed E-state index contributed by atoms with van der Waals surface area (Å²) in [6.45, 7) is 7.11. The molecule has 2 rings (SSSR count). The first kappa shape index (κ1) is 13.4. The fourth-order valence-electron chi connectivity index (χ4n) is 3.76. The smallest absolute Gasteiger partial charge is 0.00988 e. The normalized spacial score (nSPS) is 33.5. The maximum Gasteiger partial charge on any atom is 0.00988 e. The van der Waals surface area contributed by atoms with Crippen molar-refractivity contribution in [3.63, 3.8) is 0 Å². The molecule has 2 nitrogen and oxygen atoms in total. The van der Waals surface area contributed by atoms with Gasteiger partial charge >= 0.3 is 0 Å². The molecule has 0 aromatic heterocycles. The molecule has 2 aliphatic rings. The third kappa shape index (κ3) is 3.23. The molecule has 0 saturated carbocycles. The summed E-state index contributed by atoms with van der Waals surface area (Å²) in [6.07, 6.45) is 8.41. The van der Waals surface area contributed by atoms with Crippen molar-refractivity contribution in [3.8, 4) is 0 Å². The summed E-state index contributed by atoms with van der Waals surface area (Å²) in [4.78, 5) is 2.64. The molecule has 2 heterocycles. The van der Waals surface area contributed by atoms with E-state index in [4.69, 9.17) is 0 Å². The predicted octanol–water partition coefficient (Wildman–Crippen LogP) is 2.89. The van der Waals surface area contributed by atoms with Crippen molar-refractivity contribution in [1.82, 2.24) is 10.2 Å². The van der Waals surface area contributed by atoms with Crippen LogP contribution in [0.4, 0.5) is 0 Å². The standard InChI is InChI=1S/C15H30N2/c1-4-12(5-2)10-16-11-13-8-14-6-7-15(9-13)17(14)3/h12-16H,4-11H2,1-3H3. The van der Waals surface area contributed by atoms with Crippen molar-refractivity contribution in [2.45, 2.75) is 64.5 Å². The minimum atomic E-state index is 0.887. The first-order valence-electron chi connectivity index (χ1n) is 7.67. The highest BCUT2D eigenvalue weighted by Gasteiger charge is 2.37. The lowest BCUT2D eigenvalue weighted by molar-refractivity contribution is 0.132. The van der Waals surface area contributed by atoms with E-state index in [-0.39, 0.29) is 0 Å². The Labute approximate surface area is 107 Å². The van der Waals surface area contributed by atoms with Crippen LogP contribution in [0.1, 0.15) is 52.4 Å². The summed E-state index contributed by atoms with van der Waals surface area (Å²) >= 11 is 0. The molecule has 2 atom stereocenters. The Morgan fingerprint density at radius 2 is 1.71 bits per heavy atom. The van der Waals surface area contributed by atoms with Crippen molar-refractivity contribution in [2.75, 3.05) is 20.1 Å². The summed E-state index contributed by atoms with van der Waals surface area (Å²) < 4.78 is 0. The van der Waals surface area contributed by atoms with Gasteiger partial charge in [0.05, 0.1) is 0 Å². The lowest BCUT2D eigenvalue weighted by Gasteiger charge is -2.36. The summed E-state index contributed by atoms with van der Waals surface area (Å²) in [5, 5.41) is 3.72. The molecule has 2 saturated heterocycles. The summed E-state index contributed by atoms with van der Waals surface area (Å²) in [6, 6.07) is 1.79. The molecule has 2 unspecified atom stereocenters. The lowest BCUT2D eigenvalue weighted by atomic mass is 9.91. The van der Waals surface area contributed by atoms with Gasteiger partial charge in [0, 0.05) is 12.1 Å². The van der Waals surface area contributed by atoms with Crippen LogP contribution in [0.15, 0.2) is 0 Å². The Morgan fingerprint density at radius 1 is 1.12 bits per heavy atom. The number of piperidine rings is 1. The third-order valence-corrected chi connectivity index (χ3v) is 5.22. The molecular formula is C15H30N2. The van der Waals surface area contributed by atoms with Gasteiger partial charge in [0.1, 0.15) is 0 Å². The molecule has 0 spiro atoms. The van der Waals surface area contributed by atoms with Gasteiger partial charge in [-0.2, -0.15) is 0 Å². The van der Waals surface area contributed by atoms with Crippen LogP contribution in [-0.4, -0.2) is 37.1 Å². The highest BCUT2D eigenvalue weighted by molar-refractivity contribution is 4.93. The van der Waals surface area contributed by atoms with Crippen molar-refractivity contribution in [2.24, 2.45) is 11.8 Å². The monoisotopic (exact) mass is 238 g/mol. The topological polar surface area (TPSA) is 15.3 Å². The minimum absolute atomic E-state index is 0.887. The zero-order chi connectivity index (χ0) is 12.3. The lowest BCUT2D eigenvalue weighted by Crippen LogP contribution is -2.43. The zero-order valence-electron chi connectivity index (χ0n) is 11.9. The molecule has 17 heavy (non-hydrogen) atoms. The number of nitrogens with one attached hydrogen (secondary N) is 1. The van der Waals surface area contributed by atoms with E-state index in [9.17, 15) is 0 Å². The second-order valence-electron chi connectivity index (χ2n) is 6.23. The van der Waals surface area contributed by atoms with Crippen LogP contribution in [0.5, 0.6) is 0 Å². The second-order valence-corrected chi connectivity index (χ2v) is 6.23. The van der Waals surface area contributed by atoms with E-state index in [0.29, 0.717) is 0 Å². The predicted molar refractivity (Wildman–Crippen MR) is 74.2 cm³/mol. The maximum absolute atomic E-state index is 3.72. The van der Waals surface area contributed by atoms with Gasteiger partial charge in [-0.25, -0.2) is 0 Å². The van der Waals surface area contributed by atoms with E-state index in [1.165, 1.54) is 51.6 Å². The number of hydrogen-bond acceptors (Lipinski definition) is 2. The van der Waals surface area contributed by atoms with Crippen molar-refractivity contribution >= 4 is 0 Å². The van der Waals surface area contributed by atoms with Crippen LogP contribution in [-0.2, 0) is 0 Å². The van der Waals surface area contributed by atoms with E-state index in [2.05, 4.69) is 31.1 Å². The van der Waals surface area contributed by atoms with E-state index < -0.39 is 0 Å². The van der Waals surface area contributed by atoms with Crippen LogP contribution in [0.25, 0.3) is 0 Å². The number of fused-ring (bicyclic) bond motifs is 2. The number of rotatable bonds is 6. The van der Waals surface area contributed by atoms with Crippen LogP contribution in [0.3, 0.4) is 0 Å². The largest absolute Gasteiger partial charge is 0.316 e. The van der Waals surface area contributed by atoms with Crippen molar-refractivity contribution in [3.05, 3.63) is 0 Å². The first-order valence-corrected chi connectivity index (χ1v) is 7.67. The van der Waals surface area contributed by atoms with Gasteiger partial charge in [0.15, 0.2) is 0 Å². The molecule has 0 aliphatic carbocycles. The molecule has 2 aliphatic heterocycles. The Hall–Kier alpha value is -0.0800. The molecule has 0 radical (unpaired) electrons. The average Bonchev–Trinajstić information content (AvgIpc) is 2.56. The summed E-state index contributed by atoms with van der Waals surface area (Å²) in [5.74, 6) is 1.83. The van der Waals surface area contributed by atoms with Gasteiger partial charge in [0.2, 0.25) is 0 Å². The summed E-state index contributed by atoms with van der Waals surface area (Å²) in [5.41, 5.74) is 0. The number of hydrogen-bond donors (Lipinski definition) is 1. The summed E-state index contributed by atoms with van der Waals surface area (Å²) in [7, 11) is 2.33. The van der Waals surface area contributed by atoms with Gasteiger partial charge < -0.3 is 10.2 Å². The molecule has 0 aromatic rings. The first-order chi connectivity index (χ1) is 8.24. The van der Waals surface area contributed by atoms with Gasteiger partial charge in [-0.05, 0) is 57.7 Å². The molecule has 1 N–H and O–H groups in total. The van der Waals surface area contributed by atoms with Crippen molar-refractivity contribution < 1.29 is 0 Å². The average molecular weight is 238 g/mol. The van der Waals surface area contributed by atoms with E-state index >= 15 is 0 Å². The molecule has 2 bridgehead atoms.